The number of carboxylic acid groups (broad SMARTS) is 2. The van der Waals surface area contributed by atoms with Crippen molar-refractivity contribution >= 4 is 35.1 Å². The van der Waals surface area contributed by atoms with Gasteiger partial charge in [0.1, 0.15) is 17.8 Å². The lowest BCUT2D eigenvalue weighted by Gasteiger charge is -2.21. The highest BCUT2D eigenvalue weighted by Crippen LogP contribution is 2.29. The third-order valence-corrected chi connectivity index (χ3v) is 9.70. The Bertz CT molecular complexity index is 1760. The van der Waals surface area contributed by atoms with Crippen LogP contribution in [0.15, 0.2) is 73.1 Å². The Hall–Kier alpha value is -5.10. The number of hydrogen-bond donors (Lipinski definition) is 4. The van der Waals surface area contributed by atoms with Gasteiger partial charge < -0.3 is 25.6 Å². The first-order chi connectivity index (χ1) is 24.3. The maximum atomic E-state index is 13.3. The predicted molar refractivity (Wildman–Crippen MR) is 197 cm³/mol. The summed E-state index contributed by atoms with van der Waals surface area (Å²) in [5.74, 6) is -2.85. The lowest BCUT2D eigenvalue weighted by Crippen LogP contribution is -2.52. The van der Waals surface area contributed by atoms with Crippen LogP contribution in [0.1, 0.15) is 86.3 Å². The van der Waals surface area contributed by atoms with Crippen LogP contribution in [0, 0.1) is 0 Å². The minimum absolute atomic E-state index is 0.0210. The molecule has 0 aliphatic heterocycles. The number of carboxylic acids is 2. The molecular weight excluding hydrogens is 669 g/mol. The van der Waals surface area contributed by atoms with Crippen molar-refractivity contribution in [1.82, 2.24) is 20.6 Å². The van der Waals surface area contributed by atoms with Gasteiger partial charge in [-0.25, -0.2) is 14.8 Å². The topological polar surface area (TPSA) is 168 Å². The van der Waals surface area contributed by atoms with Gasteiger partial charge in [0.15, 0.2) is 5.82 Å². The molecule has 51 heavy (non-hydrogen) atoms. The molecule has 0 saturated heterocycles. The molecule has 270 valence electrons. The second kappa shape index (κ2) is 18.2. The predicted octanol–water partition coefficient (Wildman–Crippen LogP) is 6.90. The largest absolute Gasteiger partial charge is 0.494 e. The summed E-state index contributed by atoms with van der Waals surface area (Å²) >= 11 is 1.30. The van der Waals surface area contributed by atoms with Crippen molar-refractivity contribution in [2.45, 2.75) is 90.1 Å². The van der Waals surface area contributed by atoms with Crippen LogP contribution >= 0.6 is 11.3 Å². The van der Waals surface area contributed by atoms with Crippen molar-refractivity contribution in [2.75, 3.05) is 6.61 Å². The van der Waals surface area contributed by atoms with Gasteiger partial charge in [-0.3, -0.25) is 14.4 Å². The quantitative estimate of drug-likeness (QED) is 0.0801. The van der Waals surface area contributed by atoms with Crippen LogP contribution in [0.5, 0.6) is 5.75 Å². The summed E-state index contributed by atoms with van der Waals surface area (Å²) in [7, 11) is 0. The monoisotopic (exact) mass is 714 g/mol. The van der Waals surface area contributed by atoms with Gasteiger partial charge in [-0.1, -0.05) is 89.8 Å². The van der Waals surface area contributed by atoms with Gasteiger partial charge in [0.2, 0.25) is 5.91 Å². The fourth-order valence-corrected chi connectivity index (χ4v) is 6.21. The first-order valence-corrected chi connectivity index (χ1v) is 18.0. The molecular formula is C39H46N4O7S. The lowest BCUT2D eigenvalue weighted by atomic mass is 9.95. The molecule has 4 N–H and O–H groups in total. The molecule has 0 saturated carbocycles. The summed E-state index contributed by atoms with van der Waals surface area (Å²) in [6.07, 6.45) is 8.64. The molecule has 4 aromatic rings. The number of aromatic nitrogens is 2. The number of nitrogens with zero attached hydrogens (tertiary/aromatic N) is 2. The van der Waals surface area contributed by atoms with Gasteiger partial charge in [-0.05, 0) is 47.2 Å². The van der Waals surface area contributed by atoms with E-state index in [0.717, 1.165) is 33.7 Å². The van der Waals surface area contributed by atoms with E-state index in [1.165, 1.54) is 37.0 Å². The average molecular weight is 715 g/mol. The molecule has 0 radical (unpaired) electrons. The number of unbranched alkanes of at least 4 members (excludes halogenated alkanes) is 4. The molecule has 0 spiro atoms. The second-order valence-corrected chi connectivity index (χ2v) is 14.5. The Morgan fingerprint density at radius 3 is 2.02 bits per heavy atom. The molecule has 2 aromatic carbocycles. The number of carbonyl (C=O) groups is 4. The van der Waals surface area contributed by atoms with E-state index in [0.29, 0.717) is 22.9 Å². The van der Waals surface area contributed by atoms with Gasteiger partial charge in [-0.2, -0.15) is 0 Å². The highest BCUT2D eigenvalue weighted by Gasteiger charge is 2.29. The van der Waals surface area contributed by atoms with Crippen molar-refractivity contribution in [3.8, 4) is 28.3 Å². The molecule has 2 atom stereocenters. The van der Waals surface area contributed by atoms with Crippen LogP contribution in [0.2, 0.25) is 0 Å². The number of amides is 2. The smallest absolute Gasteiger partial charge is 0.326 e. The number of hydrogen-bond acceptors (Lipinski definition) is 8. The molecule has 2 amide bonds. The van der Waals surface area contributed by atoms with Crippen molar-refractivity contribution < 1.29 is 34.1 Å². The second-order valence-electron chi connectivity index (χ2n) is 13.4. The van der Waals surface area contributed by atoms with Gasteiger partial charge in [-0.15, -0.1) is 11.3 Å². The molecule has 0 fully saturated rings. The zero-order valence-electron chi connectivity index (χ0n) is 29.5. The number of nitrogens with one attached hydrogen (secondary N) is 2. The summed E-state index contributed by atoms with van der Waals surface area (Å²) in [4.78, 5) is 59.9. The summed E-state index contributed by atoms with van der Waals surface area (Å²) in [5, 5.41) is 23.6. The summed E-state index contributed by atoms with van der Waals surface area (Å²) in [6, 6.07) is 15.7. The highest BCUT2D eigenvalue weighted by atomic mass is 32.1. The molecule has 2 aromatic heterocycles. The molecule has 4 rings (SSSR count). The average Bonchev–Trinajstić information content (AvgIpc) is 3.62. The van der Waals surface area contributed by atoms with Crippen LogP contribution in [-0.4, -0.2) is 62.6 Å². The Morgan fingerprint density at radius 1 is 0.784 bits per heavy atom. The molecule has 11 nitrogen and oxygen atoms in total. The number of ether oxygens (including phenoxy) is 1. The first kappa shape index (κ1) is 38.7. The summed E-state index contributed by atoms with van der Waals surface area (Å²) in [6.45, 7) is 8.99. The van der Waals surface area contributed by atoms with Crippen LogP contribution in [0.3, 0.4) is 0 Å². The van der Waals surface area contributed by atoms with Crippen LogP contribution in [-0.2, 0) is 26.2 Å². The van der Waals surface area contributed by atoms with Gasteiger partial charge in [0.25, 0.3) is 5.91 Å². The standard InChI is InChI=1S/C39H46N4O7S/c1-5-6-7-8-9-20-50-29-16-14-26(15-17-29)28-23-40-35(41-24-28)27-12-10-25(11-13-27)21-30(36(46)43-31(38(48)49)22-34(44)45)42-37(47)32-18-19-33(51-32)39(2,3)4/h10-19,23-24,30-31H,5-9,20-22H2,1-4H3,(H,42,47)(H,43,46)(H,44,45)(H,48,49)/t30-,31?/m0/s1. The van der Waals surface area contributed by atoms with Gasteiger partial charge >= 0.3 is 11.9 Å². The highest BCUT2D eigenvalue weighted by molar-refractivity contribution is 7.14. The van der Waals surface area contributed by atoms with E-state index in [2.05, 4.69) is 27.5 Å². The Balaban J connectivity index is 1.43. The maximum absolute atomic E-state index is 13.3. The number of aliphatic carboxylic acids is 2. The lowest BCUT2D eigenvalue weighted by molar-refractivity contribution is -0.147. The van der Waals surface area contributed by atoms with Crippen molar-refractivity contribution in [3.05, 3.63) is 88.4 Å². The van der Waals surface area contributed by atoms with E-state index in [1.807, 2.05) is 51.1 Å². The minimum Gasteiger partial charge on any atom is -0.494 e. The van der Waals surface area contributed by atoms with E-state index < -0.39 is 42.3 Å². The van der Waals surface area contributed by atoms with E-state index in [-0.39, 0.29) is 11.8 Å². The van der Waals surface area contributed by atoms with Crippen molar-refractivity contribution in [1.29, 1.82) is 0 Å². The number of rotatable bonds is 18. The number of carbonyl (C=O) groups excluding carboxylic acids is 2. The maximum Gasteiger partial charge on any atom is 0.326 e. The SMILES string of the molecule is CCCCCCCOc1ccc(-c2cnc(-c3ccc(C[C@H](NC(=O)c4ccc(C(C)(C)C)s4)C(=O)NC(CC(=O)O)C(=O)O)cc3)nc2)cc1. The van der Waals surface area contributed by atoms with Crippen molar-refractivity contribution in [3.63, 3.8) is 0 Å². The molecule has 0 bridgehead atoms. The van der Waals surface area contributed by atoms with E-state index in [9.17, 15) is 24.3 Å². The van der Waals surface area contributed by atoms with Crippen LogP contribution in [0.25, 0.3) is 22.5 Å². The van der Waals surface area contributed by atoms with Crippen molar-refractivity contribution in [2.24, 2.45) is 0 Å². The minimum atomic E-state index is -1.66. The van der Waals surface area contributed by atoms with E-state index in [4.69, 9.17) is 9.84 Å². The van der Waals surface area contributed by atoms with Crippen LogP contribution in [0.4, 0.5) is 0 Å². The Kier molecular flexibility index (Phi) is 13.8. The zero-order valence-corrected chi connectivity index (χ0v) is 30.3. The first-order valence-electron chi connectivity index (χ1n) is 17.1. The van der Waals surface area contributed by atoms with Crippen LogP contribution < -0.4 is 15.4 Å². The van der Waals surface area contributed by atoms with Gasteiger partial charge in [0, 0.05) is 34.8 Å². The fourth-order valence-electron chi connectivity index (χ4n) is 5.24. The molecule has 1 unspecified atom stereocenters. The molecule has 0 aliphatic rings. The normalized spacial score (nSPS) is 12.5. The molecule has 0 aliphatic carbocycles. The number of benzene rings is 2. The summed E-state index contributed by atoms with van der Waals surface area (Å²) < 4.78 is 5.87. The zero-order chi connectivity index (χ0) is 37.0. The van der Waals surface area contributed by atoms with E-state index in [1.54, 1.807) is 42.7 Å². The van der Waals surface area contributed by atoms with E-state index >= 15 is 0 Å². The summed E-state index contributed by atoms with van der Waals surface area (Å²) in [5.41, 5.74) is 3.05. The third kappa shape index (κ3) is 11.7. The van der Waals surface area contributed by atoms with Gasteiger partial charge in [0.05, 0.1) is 17.9 Å². The third-order valence-electron chi connectivity index (χ3n) is 8.19. The molecule has 2 heterocycles. The fraction of sp³-hybridized carbons (Fsp3) is 0.385. The molecule has 12 heteroatoms. The Labute approximate surface area is 302 Å². The Morgan fingerprint density at radius 2 is 1.43 bits per heavy atom. The number of thiophene rings is 1.